The molecule has 2 N–H and O–H groups in total. The fraction of sp³-hybridized carbons (Fsp3) is 0.650. The van der Waals surface area contributed by atoms with Crippen molar-refractivity contribution in [3.05, 3.63) is 36.5 Å². The molecule has 0 aliphatic rings. The van der Waals surface area contributed by atoms with Crippen LogP contribution in [0, 0.1) is 0 Å². The lowest BCUT2D eigenvalue weighted by atomic mass is 10.1. The maximum atomic E-state index is 10.2. The number of rotatable bonds is 13. The van der Waals surface area contributed by atoms with Crippen LogP contribution in [0.4, 0.5) is 0 Å². The third-order valence-corrected chi connectivity index (χ3v) is 3.03. The Morgan fingerprint density at radius 3 is 1.87 bits per heavy atom. The molecule has 0 aliphatic carbocycles. The Labute approximate surface area is 143 Å². The van der Waals surface area contributed by atoms with Gasteiger partial charge in [-0.3, -0.25) is 0 Å². The molecule has 0 fully saturated rings. The predicted molar refractivity (Wildman–Crippen MR) is 98.0 cm³/mol. The Kier molecular flexibility index (Phi) is 23.8. The fourth-order valence-corrected chi connectivity index (χ4v) is 1.89. The molecule has 0 saturated heterocycles. The standard InChI is InChI=1S/C18H30O2.C2H7N/c1-2-3-4-5-6-7-8-9-10-11-12-13-14-15-16-17-18(19)20;1-3-2/h3-4,6-7,9-10H,2,5,8,11-17H2,1H3,(H,19,20);3H,1-2H3/b4-3-,7-6-,10-9-;. The fourth-order valence-electron chi connectivity index (χ4n) is 1.89. The summed E-state index contributed by atoms with van der Waals surface area (Å²) in [5, 5.41) is 12.2. The molecule has 23 heavy (non-hydrogen) atoms. The number of carbonyl (C=O) groups excluding carboxylic acids is 1. The van der Waals surface area contributed by atoms with E-state index in [1.807, 2.05) is 19.4 Å². The van der Waals surface area contributed by atoms with Crippen LogP contribution in [-0.2, 0) is 4.79 Å². The van der Waals surface area contributed by atoms with Crippen molar-refractivity contribution >= 4 is 5.97 Å². The summed E-state index contributed by atoms with van der Waals surface area (Å²) in [6.45, 7) is 2.15. The van der Waals surface area contributed by atoms with E-state index in [-0.39, 0.29) is 6.42 Å². The molecule has 0 spiro atoms. The van der Waals surface area contributed by atoms with Crippen LogP contribution in [-0.4, -0.2) is 20.1 Å². The molecule has 0 rings (SSSR count). The van der Waals surface area contributed by atoms with Gasteiger partial charge in [0, 0.05) is 5.97 Å². The first kappa shape index (κ1) is 23.9. The predicted octanol–water partition coefficient (Wildman–Crippen LogP) is 3.14. The van der Waals surface area contributed by atoms with E-state index in [0.29, 0.717) is 0 Å². The molecule has 134 valence electrons. The molecule has 0 aliphatic heterocycles. The van der Waals surface area contributed by atoms with Gasteiger partial charge in [-0.1, -0.05) is 62.6 Å². The number of allylic oxidation sites excluding steroid dienone is 6. The molecule has 0 aromatic rings. The number of carboxylic acids is 1. The smallest absolute Gasteiger partial charge is 0.0647 e. The molecule has 3 heteroatoms. The second kappa shape index (κ2) is 22.9. The van der Waals surface area contributed by atoms with Gasteiger partial charge in [0.1, 0.15) is 0 Å². The Bertz CT molecular complexity index is 320. The van der Waals surface area contributed by atoms with Gasteiger partial charge in [-0.2, -0.15) is 0 Å². The van der Waals surface area contributed by atoms with Crippen LogP contribution < -0.4 is 10.4 Å². The first-order chi connectivity index (χ1) is 11.2. The Morgan fingerprint density at radius 2 is 1.30 bits per heavy atom. The summed E-state index contributed by atoms with van der Waals surface area (Å²) in [5.74, 6) is -0.925. The minimum Gasteiger partial charge on any atom is -0.550 e. The number of carboxylic acid groups (broad SMARTS) is 1. The van der Waals surface area contributed by atoms with Crippen LogP contribution in [0.15, 0.2) is 36.5 Å². The zero-order valence-corrected chi connectivity index (χ0v) is 15.4. The van der Waals surface area contributed by atoms with E-state index in [2.05, 4.69) is 43.4 Å². The quantitative estimate of drug-likeness (QED) is 0.418. The van der Waals surface area contributed by atoms with E-state index < -0.39 is 5.97 Å². The van der Waals surface area contributed by atoms with Gasteiger partial charge in [0.05, 0.1) is 14.1 Å². The molecule has 0 radical (unpaired) electrons. The van der Waals surface area contributed by atoms with Crippen LogP contribution in [0.3, 0.4) is 0 Å². The number of carbonyl (C=O) groups is 1. The zero-order chi connectivity index (χ0) is 17.6. The van der Waals surface area contributed by atoms with E-state index in [1.54, 1.807) is 0 Å². The lowest BCUT2D eigenvalue weighted by molar-refractivity contribution is -0.597. The van der Waals surface area contributed by atoms with Crippen LogP contribution >= 0.6 is 0 Å². The Hall–Kier alpha value is -1.35. The van der Waals surface area contributed by atoms with Crippen molar-refractivity contribution in [2.24, 2.45) is 0 Å². The SMILES string of the molecule is CC/C=C\C/C=C\C/C=C\CCCCCCCC(=O)[O-].C[NH2+]C. The minimum absolute atomic E-state index is 0.208. The molecule has 0 unspecified atom stereocenters. The highest BCUT2D eigenvalue weighted by Gasteiger charge is 1.90. The van der Waals surface area contributed by atoms with E-state index in [4.69, 9.17) is 0 Å². The van der Waals surface area contributed by atoms with E-state index >= 15 is 0 Å². The molecule has 0 aromatic carbocycles. The van der Waals surface area contributed by atoms with Gasteiger partial charge in [-0.15, -0.1) is 0 Å². The van der Waals surface area contributed by atoms with Crippen LogP contribution in [0.25, 0.3) is 0 Å². The van der Waals surface area contributed by atoms with Crippen molar-refractivity contribution in [3.63, 3.8) is 0 Å². The van der Waals surface area contributed by atoms with Crippen LogP contribution in [0.2, 0.25) is 0 Å². The lowest BCUT2D eigenvalue weighted by Gasteiger charge is -2.01. The van der Waals surface area contributed by atoms with Gasteiger partial charge in [-0.25, -0.2) is 0 Å². The highest BCUT2D eigenvalue weighted by molar-refractivity contribution is 5.63. The first-order valence-electron chi connectivity index (χ1n) is 9.07. The molecular weight excluding hydrogens is 286 g/mol. The number of aliphatic carboxylic acids is 1. The second-order valence-electron chi connectivity index (χ2n) is 5.55. The normalized spacial score (nSPS) is 11.3. The van der Waals surface area contributed by atoms with Gasteiger partial charge < -0.3 is 15.2 Å². The lowest BCUT2D eigenvalue weighted by Crippen LogP contribution is -2.74. The van der Waals surface area contributed by atoms with E-state index in [1.165, 1.54) is 12.8 Å². The average Bonchev–Trinajstić information content (AvgIpc) is 2.51. The average molecular weight is 324 g/mol. The van der Waals surface area contributed by atoms with Gasteiger partial charge >= 0.3 is 0 Å². The summed E-state index contributed by atoms with van der Waals surface area (Å²) in [5.41, 5.74) is 0. The van der Waals surface area contributed by atoms with E-state index in [0.717, 1.165) is 44.9 Å². The third kappa shape index (κ3) is 29.3. The summed E-state index contributed by atoms with van der Waals surface area (Å²) < 4.78 is 0. The molecule has 0 saturated carbocycles. The third-order valence-electron chi connectivity index (χ3n) is 3.03. The monoisotopic (exact) mass is 323 g/mol. The van der Waals surface area contributed by atoms with Gasteiger partial charge in [-0.05, 0) is 44.9 Å². The Balaban J connectivity index is 0. The van der Waals surface area contributed by atoms with Crippen molar-refractivity contribution in [2.45, 2.75) is 71.1 Å². The maximum absolute atomic E-state index is 10.2. The largest absolute Gasteiger partial charge is 0.550 e. The molecule has 3 nitrogen and oxygen atoms in total. The number of hydrogen-bond acceptors (Lipinski definition) is 2. The molecule has 0 amide bonds. The summed E-state index contributed by atoms with van der Waals surface area (Å²) in [6.07, 6.45) is 23.0. The summed E-state index contributed by atoms with van der Waals surface area (Å²) in [4.78, 5) is 10.2. The van der Waals surface area contributed by atoms with Crippen LogP contribution in [0.1, 0.15) is 71.1 Å². The molecule has 0 bridgehead atoms. The number of unbranched alkanes of at least 4 members (excludes halogenated alkanes) is 5. The molecule has 0 heterocycles. The van der Waals surface area contributed by atoms with Crippen molar-refractivity contribution in [1.82, 2.24) is 0 Å². The first-order valence-corrected chi connectivity index (χ1v) is 9.07. The van der Waals surface area contributed by atoms with Crippen LogP contribution in [0.5, 0.6) is 0 Å². The molecule has 0 aromatic heterocycles. The van der Waals surface area contributed by atoms with Crippen molar-refractivity contribution < 1.29 is 15.2 Å². The minimum atomic E-state index is -0.925. The second-order valence-corrected chi connectivity index (χ2v) is 5.55. The van der Waals surface area contributed by atoms with Gasteiger partial charge in [0.15, 0.2) is 0 Å². The Morgan fingerprint density at radius 1 is 0.826 bits per heavy atom. The van der Waals surface area contributed by atoms with Crippen molar-refractivity contribution in [3.8, 4) is 0 Å². The summed E-state index contributed by atoms with van der Waals surface area (Å²) in [7, 11) is 4.00. The number of hydrogen-bond donors (Lipinski definition) is 1. The van der Waals surface area contributed by atoms with E-state index in [9.17, 15) is 9.90 Å². The highest BCUT2D eigenvalue weighted by Crippen LogP contribution is 2.07. The maximum Gasteiger partial charge on any atom is 0.0647 e. The molecule has 0 atom stereocenters. The zero-order valence-electron chi connectivity index (χ0n) is 15.4. The van der Waals surface area contributed by atoms with Crippen molar-refractivity contribution in [1.29, 1.82) is 0 Å². The number of quaternary nitrogens is 1. The van der Waals surface area contributed by atoms with Gasteiger partial charge in [0.2, 0.25) is 0 Å². The topological polar surface area (TPSA) is 56.7 Å². The van der Waals surface area contributed by atoms with Crippen molar-refractivity contribution in [2.75, 3.05) is 14.1 Å². The number of nitrogens with two attached hydrogens (primary N) is 1. The summed E-state index contributed by atoms with van der Waals surface area (Å²) >= 11 is 0. The highest BCUT2D eigenvalue weighted by atomic mass is 16.4. The molecular formula is C20H37NO2. The van der Waals surface area contributed by atoms with Gasteiger partial charge in [0.25, 0.3) is 0 Å². The summed E-state index contributed by atoms with van der Waals surface area (Å²) in [6, 6.07) is 0.